The van der Waals surface area contributed by atoms with E-state index in [0.29, 0.717) is 12.1 Å². The van der Waals surface area contributed by atoms with Crippen molar-refractivity contribution in [2.45, 2.75) is 52.7 Å². The molecule has 0 aromatic heterocycles. The first-order valence-electron chi connectivity index (χ1n) is 9.56. The second-order valence-corrected chi connectivity index (χ2v) is 6.95. The van der Waals surface area contributed by atoms with Crippen LogP contribution in [0.1, 0.15) is 39.2 Å². The highest BCUT2D eigenvalue weighted by Gasteiger charge is 2.23. The molecule has 1 aliphatic heterocycles. The standard InChI is InChI=1S/C20H34N4O/c1-5-21-20(22-12-6-14-25-16(2)3)23-18-11-13-24(15-18)19-9-7-17(4)8-10-19/h7-10,16,18H,5-6,11-15H2,1-4H3,(H2,21,22,23). The lowest BCUT2D eigenvalue weighted by Crippen LogP contribution is -2.44. The molecule has 1 aromatic carbocycles. The zero-order valence-electron chi connectivity index (χ0n) is 16.2. The first-order valence-corrected chi connectivity index (χ1v) is 9.56. The number of hydrogen-bond acceptors (Lipinski definition) is 3. The number of anilines is 1. The summed E-state index contributed by atoms with van der Waals surface area (Å²) in [4.78, 5) is 7.12. The van der Waals surface area contributed by atoms with Crippen LogP contribution in [0, 0.1) is 6.92 Å². The summed E-state index contributed by atoms with van der Waals surface area (Å²) in [5.74, 6) is 0.919. The monoisotopic (exact) mass is 346 g/mol. The normalized spacial score (nSPS) is 18.0. The maximum atomic E-state index is 5.57. The molecule has 25 heavy (non-hydrogen) atoms. The molecule has 0 saturated carbocycles. The van der Waals surface area contributed by atoms with Crippen LogP contribution in [0.4, 0.5) is 5.69 Å². The smallest absolute Gasteiger partial charge is 0.191 e. The van der Waals surface area contributed by atoms with Gasteiger partial charge in [-0.3, -0.25) is 4.99 Å². The molecule has 1 heterocycles. The molecule has 5 nitrogen and oxygen atoms in total. The van der Waals surface area contributed by atoms with Crippen LogP contribution in [-0.2, 0) is 4.74 Å². The maximum Gasteiger partial charge on any atom is 0.191 e. The molecule has 1 aliphatic rings. The summed E-state index contributed by atoms with van der Waals surface area (Å²) >= 11 is 0. The third kappa shape index (κ3) is 6.94. The van der Waals surface area contributed by atoms with Crippen molar-refractivity contribution in [3.05, 3.63) is 29.8 Å². The lowest BCUT2D eigenvalue weighted by molar-refractivity contribution is 0.0782. The average Bonchev–Trinajstić information content (AvgIpc) is 3.03. The fourth-order valence-corrected chi connectivity index (χ4v) is 2.96. The van der Waals surface area contributed by atoms with Crippen LogP contribution in [0.15, 0.2) is 29.3 Å². The van der Waals surface area contributed by atoms with Gasteiger partial charge in [0.05, 0.1) is 6.10 Å². The Labute approximate surface area is 152 Å². The van der Waals surface area contributed by atoms with Crippen molar-refractivity contribution in [2.75, 3.05) is 37.7 Å². The summed E-state index contributed by atoms with van der Waals surface area (Å²) in [6, 6.07) is 9.23. The minimum absolute atomic E-state index is 0.293. The minimum Gasteiger partial charge on any atom is -0.379 e. The quantitative estimate of drug-likeness (QED) is 0.432. The van der Waals surface area contributed by atoms with E-state index in [4.69, 9.17) is 4.74 Å². The first-order chi connectivity index (χ1) is 12.1. The number of nitrogens with one attached hydrogen (secondary N) is 2. The number of ether oxygens (including phenoxy) is 1. The molecule has 0 aliphatic carbocycles. The SMILES string of the molecule is CCNC(=NCCCOC(C)C)NC1CCN(c2ccc(C)cc2)C1. The predicted octanol–water partition coefficient (Wildman–Crippen LogP) is 2.94. The summed E-state index contributed by atoms with van der Waals surface area (Å²) in [6.45, 7) is 12.9. The van der Waals surface area contributed by atoms with Gasteiger partial charge in [0, 0.05) is 44.5 Å². The van der Waals surface area contributed by atoms with Crippen molar-refractivity contribution < 1.29 is 4.74 Å². The molecule has 2 N–H and O–H groups in total. The van der Waals surface area contributed by atoms with Gasteiger partial charge in [-0.05, 0) is 52.7 Å². The predicted molar refractivity (Wildman–Crippen MR) is 107 cm³/mol. The van der Waals surface area contributed by atoms with Gasteiger partial charge in [0.15, 0.2) is 5.96 Å². The number of aryl methyl sites for hydroxylation is 1. The van der Waals surface area contributed by atoms with E-state index in [1.54, 1.807) is 0 Å². The molecule has 0 spiro atoms. The molecule has 0 bridgehead atoms. The van der Waals surface area contributed by atoms with E-state index in [1.807, 2.05) is 0 Å². The van der Waals surface area contributed by atoms with Crippen molar-refractivity contribution in [1.29, 1.82) is 0 Å². The third-order valence-electron chi connectivity index (χ3n) is 4.30. The average molecular weight is 347 g/mol. The Bertz CT molecular complexity index is 527. The van der Waals surface area contributed by atoms with Gasteiger partial charge in [-0.1, -0.05) is 17.7 Å². The number of rotatable bonds is 8. The lowest BCUT2D eigenvalue weighted by atomic mass is 10.2. The van der Waals surface area contributed by atoms with Gasteiger partial charge in [-0.25, -0.2) is 0 Å². The Morgan fingerprint density at radius 2 is 2.08 bits per heavy atom. The minimum atomic E-state index is 0.293. The van der Waals surface area contributed by atoms with E-state index in [0.717, 1.165) is 51.6 Å². The summed E-state index contributed by atoms with van der Waals surface area (Å²) in [5, 5.41) is 6.93. The van der Waals surface area contributed by atoms with E-state index in [-0.39, 0.29) is 0 Å². The van der Waals surface area contributed by atoms with E-state index in [9.17, 15) is 0 Å². The number of nitrogens with zero attached hydrogens (tertiary/aromatic N) is 2. The zero-order chi connectivity index (χ0) is 18.1. The van der Waals surface area contributed by atoms with E-state index in [2.05, 4.69) is 72.5 Å². The molecular weight excluding hydrogens is 312 g/mol. The van der Waals surface area contributed by atoms with Crippen LogP contribution < -0.4 is 15.5 Å². The van der Waals surface area contributed by atoms with Gasteiger partial charge in [0.2, 0.25) is 0 Å². The van der Waals surface area contributed by atoms with Crippen molar-refractivity contribution in [3.8, 4) is 0 Å². The van der Waals surface area contributed by atoms with Gasteiger partial charge < -0.3 is 20.3 Å². The Morgan fingerprint density at radius 3 is 2.76 bits per heavy atom. The van der Waals surface area contributed by atoms with Crippen LogP contribution in [0.25, 0.3) is 0 Å². The maximum absolute atomic E-state index is 5.57. The Hall–Kier alpha value is -1.75. The van der Waals surface area contributed by atoms with Crippen LogP contribution in [0.3, 0.4) is 0 Å². The Balaban J connectivity index is 1.80. The summed E-state index contributed by atoms with van der Waals surface area (Å²) in [7, 11) is 0. The van der Waals surface area contributed by atoms with Crippen molar-refractivity contribution in [1.82, 2.24) is 10.6 Å². The molecule has 140 valence electrons. The fraction of sp³-hybridized carbons (Fsp3) is 0.650. The second kappa shape index (κ2) is 10.3. The molecule has 1 aromatic rings. The van der Waals surface area contributed by atoms with Gasteiger partial charge in [0.1, 0.15) is 0 Å². The largest absolute Gasteiger partial charge is 0.379 e. The van der Waals surface area contributed by atoms with Gasteiger partial charge >= 0.3 is 0 Å². The molecule has 0 radical (unpaired) electrons. The lowest BCUT2D eigenvalue weighted by Gasteiger charge is -2.20. The van der Waals surface area contributed by atoms with Crippen molar-refractivity contribution in [3.63, 3.8) is 0 Å². The molecule has 1 atom stereocenters. The fourth-order valence-electron chi connectivity index (χ4n) is 2.96. The van der Waals surface area contributed by atoms with Gasteiger partial charge in [-0.15, -0.1) is 0 Å². The molecule has 0 amide bonds. The molecule has 1 fully saturated rings. The third-order valence-corrected chi connectivity index (χ3v) is 4.30. The van der Waals surface area contributed by atoms with Crippen LogP contribution in [0.2, 0.25) is 0 Å². The first kappa shape index (κ1) is 19.6. The van der Waals surface area contributed by atoms with E-state index >= 15 is 0 Å². The van der Waals surface area contributed by atoms with E-state index in [1.165, 1.54) is 11.3 Å². The second-order valence-electron chi connectivity index (χ2n) is 6.95. The molecular formula is C20H34N4O. The van der Waals surface area contributed by atoms with Crippen molar-refractivity contribution >= 4 is 11.6 Å². The highest BCUT2D eigenvalue weighted by atomic mass is 16.5. The van der Waals surface area contributed by atoms with Gasteiger partial charge in [-0.2, -0.15) is 0 Å². The number of guanidine groups is 1. The molecule has 1 unspecified atom stereocenters. The van der Waals surface area contributed by atoms with Crippen molar-refractivity contribution in [2.24, 2.45) is 4.99 Å². The Morgan fingerprint density at radius 1 is 1.32 bits per heavy atom. The molecule has 5 heteroatoms. The number of benzene rings is 1. The highest BCUT2D eigenvalue weighted by Crippen LogP contribution is 2.20. The zero-order valence-corrected chi connectivity index (χ0v) is 16.2. The summed E-state index contributed by atoms with van der Waals surface area (Å²) < 4.78 is 5.57. The number of aliphatic imine (C=N–C) groups is 1. The van der Waals surface area contributed by atoms with Gasteiger partial charge in [0.25, 0.3) is 0 Å². The van der Waals surface area contributed by atoms with E-state index < -0.39 is 0 Å². The topological polar surface area (TPSA) is 48.9 Å². The number of hydrogen-bond donors (Lipinski definition) is 2. The molecule has 2 rings (SSSR count). The Kier molecular flexibility index (Phi) is 8.06. The molecule has 1 saturated heterocycles. The summed E-state index contributed by atoms with van der Waals surface area (Å²) in [6.07, 6.45) is 2.38. The van der Waals surface area contributed by atoms with Crippen LogP contribution in [0.5, 0.6) is 0 Å². The van der Waals surface area contributed by atoms with Crippen LogP contribution >= 0.6 is 0 Å². The van der Waals surface area contributed by atoms with Crippen LogP contribution in [-0.4, -0.2) is 50.9 Å². The highest BCUT2D eigenvalue weighted by molar-refractivity contribution is 5.80. The summed E-state index contributed by atoms with van der Waals surface area (Å²) in [5.41, 5.74) is 2.61.